The second kappa shape index (κ2) is 5.77. The third kappa shape index (κ3) is 3.28. The van der Waals surface area contributed by atoms with E-state index in [-0.39, 0.29) is 12.3 Å². The molecule has 0 aliphatic carbocycles. The zero-order valence-corrected chi connectivity index (χ0v) is 9.84. The SMILES string of the molecule is NC(=O)Cc1ccccc1NCc1cncnc1. The quantitative estimate of drug-likeness (QED) is 0.823. The van der Waals surface area contributed by atoms with Crippen LogP contribution in [-0.2, 0) is 17.8 Å². The standard InChI is InChI=1S/C13H14N4O/c14-13(18)5-11-3-1-2-4-12(11)17-8-10-6-15-9-16-7-10/h1-4,6-7,9,17H,5,8H2,(H2,14,18). The topological polar surface area (TPSA) is 80.9 Å². The van der Waals surface area contributed by atoms with Crippen molar-refractivity contribution in [3.63, 3.8) is 0 Å². The number of benzene rings is 1. The maximum absolute atomic E-state index is 11.0. The molecule has 0 spiro atoms. The number of amides is 1. The van der Waals surface area contributed by atoms with Crippen LogP contribution in [0.15, 0.2) is 43.0 Å². The van der Waals surface area contributed by atoms with Crippen LogP contribution in [0, 0.1) is 0 Å². The molecule has 0 bridgehead atoms. The maximum Gasteiger partial charge on any atom is 0.221 e. The lowest BCUT2D eigenvalue weighted by Gasteiger charge is -2.10. The van der Waals surface area contributed by atoms with Crippen molar-refractivity contribution < 1.29 is 4.79 Å². The Hall–Kier alpha value is -2.43. The van der Waals surface area contributed by atoms with Crippen LogP contribution < -0.4 is 11.1 Å². The van der Waals surface area contributed by atoms with Gasteiger partial charge in [-0.1, -0.05) is 18.2 Å². The van der Waals surface area contributed by atoms with Gasteiger partial charge in [-0.3, -0.25) is 4.79 Å². The van der Waals surface area contributed by atoms with Gasteiger partial charge in [0.1, 0.15) is 6.33 Å². The molecule has 0 aliphatic heterocycles. The summed E-state index contributed by atoms with van der Waals surface area (Å²) in [7, 11) is 0. The molecule has 0 fully saturated rings. The van der Waals surface area contributed by atoms with Crippen LogP contribution in [0.4, 0.5) is 5.69 Å². The van der Waals surface area contributed by atoms with Crippen LogP contribution >= 0.6 is 0 Å². The number of carbonyl (C=O) groups excluding carboxylic acids is 1. The molecule has 1 aromatic carbocycles. The van der Waals surface area contributed by atoms with E-state index in [1.807, 2.05) is 24.3 Å². The summed E-state index contributed by atoms with van der Waals surface area (Å²) in [5, 5.41) is 3.25. The summed E-state index contributed by atoms with van der Waals surface area (Å²) in [6.45, 7) is 0.608. The smallest absolute Gasteiger partial charge is 0.221 e. The van der Waals surface area contributed by atoms with Crippen LogP contribution in [-0.4, -0.2) is 15.9 Å². The van der Waals surface area contributed by atoms with Crippen LogP contribution in [0.1, 0.15) is 11.1 Å². The molecular formula is C13H14N4O. The molecule has 3 N–H and O–H groups in total. The Morgan fingerprint density at radius 2 is 1.94 bits per heavy atom. The zero-order valence-electron chi connectivity index (χ0n) is 9.84. The van der Waals surface area contributed by atoms with Gasteiger partial charge in [0.2, 0.25) is 5.91 Å². The van der Waals surface area contributed by atoms with Gasteiger partial charge >= 0.3 is 0 Å². The Bertz CT molecular complexity index is 528. The molecule has 5 nitrogen and oxygen atoms in total. The third-order valence-corrected chi connectivity index (χ3v) is 2.48. The van der Waals surface area contributed by atoms with E-state index in [2.05, 4.69) is 15.3 Å². The van der Waals surface area contributed by atoms with Crippen molar-refractivity contribution in [3.05, 3.63) is 54.1 Å². The molecule has 2 rings (SSSR count). The lowest BCUT2D eigenvalue weighted by Crippen LogP contribution is -2.15. The second-order valence-electron chi connectivity index (χ2n) is 3.90. The third-order valence-electron chi connectivity index (χ3n) is 2.48. The predicted octanol–water partition coefficient (Wildman–Crippen LogP) is 1.12. The summed E-state index contributed by atoms with van der Waals surface area (Å²) in [5.41, 5.74) is 7.99. The Labute approximate surface area is 105 Å². The van der Waals surface area contributed by atoms with Gasteiger partial charge in [-0.2, -0.15) is 0 Å². The Morgan fingerprint density at radius 1 is 1.22 bits per heavy atom. The highest BCUT2D eigenvalue weighted by Crippen LogP contribution is 2.16. The van der Waals surface area contributed by atoms with Gasteiger partial charge < -0.3 is 11.1 Å². The second-order valence-corrected chi connectivity index (χ2v) is 3.90. The first-order valence-electron chi connectivity index (χ1n) is 5.59. The molecule has 2 aromatic rings. The van der Waals surface area contributed by atoms with Gasteiger partial charge in [-0.25, -0.2) is 9.97 Å². The van der Waals surface area contributed by atoms with Gasteiger partial charge in [-0.05, 0) is 11.6 Å². The van der Waals surface area contributed by atoms with Crippen molar-refractivity contribution in [2.45, 2.75) is 13.0 Å². The highest BCUT2D eigenvalue weighted by atomic mass is 16.1. The van der Waals surface area contributed by atoms with E-state index in [4.69, 9.17) is 5.73 Å². The van der Waals surface area contributed by atoms with Crippen molar-refractivity contribution in [2.75, 3.05) is 5.32 Å². The maximum atomic E-state index is 11.0. The Morgan fingerprint density at radius 3 is 2.67 bits per heavy atom. The lowest BCUT2D eigenvalue weighted by molar-refractivity contribution is -0.117. The number of primary amides is 1. The van der Waals surface area contributed by atoms with E-state index in [1.165, 1.54) is 6.33 Å². The minimum atomic E-state index is -0.340. The fraction of sp³-hybridized carbons (Fsp3) is 0.154. The number of carbonyl (C=O) groups is 1. The van der Waals surface area contributed by atoms with Crippen LogP contribution in [0.5, 0.6) is 0 Å². The van der Waals surface area contributed by atoms with E-state index in [9.17, 15) is 4.79 Å². The van der Waals surface area contributed by atoms with Gasteiger partial charge in [0.25, 0.3) is 0 Å². The van der Waals surface area contributed by atoms with Crippen LogP contribution in [0.2, 0.25) is 0 Å². The van der Waals surface area contributed by atoms with Gasteiger partial charge in [0.15, 0.2) is 0 Å². The summed E-state index contributed by atoms with van der Waals surface area (Å²) < 4.78 is 0. The van der Waals surface area contributed by atoms with Crippen molar-refractivity contribution in [2.24, 2.45) is 5.73 Å². The molecule has 1 aromatic heterocycles. The van der Waals surface area contributed by atoms with Crippen LogP contribution in [0.25, 0.3) is 0 Å². The summed E-state index contributed by atoms with van der Waals surface area (Å²) >= 11 is 0. The summed E-state index contributed by atoms with van der Waals surface area (Å²) in [6.07, 6.45) is 5.21. The fourth-order valence-electron chi connectivity index (χ4n) is 1.65. The van der Waals surface area contributed by atoms with E-state index < -0.39 is 0 Å². The Kier molecular flexibility index (Phi) is 3.86. The molecule has 0 saturated heterocycles. The van der Waals surface area contributed by atoms with Crippen molar-refractivity contribution in [1.29, 1.82) is 0 Å². The number of rotatable bonds is 5. The molecule has 0 atom stereocenters. The van der Waals surface area contributed by atoms with Gasteiger partial charge in [0.05, 0.1) is 6.42 Å². The highest BCUT2D eigenvalue weighted by Gasteiger charge is 2.04. The number of hydrogen-bond acceptors (Lipinski definition) is 4. The monoisotopic (exact) mass is 242 g/mol. The average Bonchev–Trinajstić information content (AvgIpc) is 2.38. The molecule has 1 amide bonds. The molecular weight excluding hydrogens is 228 g/mol. The number of nitrogens with two attached hydrogens (primary N) is 1. The minimum absolute atomic E-state index is 0.231. The number of anilines is 1. The first-order valence-corrected chi connectivity index (χ1v) is 5.59. The normalized spacial score (nSPS) is 10.0. The minimum Gasteiger partial charge on any atom is -0.381 e. The zero-order chi connectivity index (χ0) is 12.8. The fourth-order valence-corrected chi connectivity index (χ4v) is 1.65. The first-order chi connectivity index (χ1) is 8.75. The molecule has 5 heteroatoms. The number of aromatic nitrogens is 2. The molecule has 0 unspecified atom stereocenters. The number of nitrogens with one attached hydrogen (secondary N) is 1. The summed E-state index contributed by atoms with van der Waals surface area (Å²) in [6, 6.07) is 7.60. The summed E-state index contributed by atoms with van der Waals surface area (Å²) in [5.74, 6) is -0.340. The van der Waals surface area contributed by atoms with Crippen LogP contribution in [0.3, 0.4) is 0 Å². The summed E-state index contributed by atoms with van der Waals surface area (Å²) in [4.78, 5) is 18.9. The van der Waals surface area contributed by atoms with Crippen molar-refractivity contribution in [3.8, 4) is 0 Å². The number of nitrogens with zero attached hydrogens (tertiary/aromatic N) is 2. The number of hydrogen-bond donors (Lipinski definition) is 2. The van der Waals surface area contributed by atoms with E-state index in [0.717, 1.165) is 16.8 Å². The largest absolute Gasteiger partial charge is 0.381 e. The lowest BCUT2D eigenvalue weighted by atomic mass is 10.1. The van der Waals surface area contributed by atoms with Crippen molar-refractivity contribution in [1.82, 2.24) is 9.97 Å². The van der Waals surface area contributed by atoms with E-state index in [1.54, 1.807) is 12.4 Å². The molecule has 0 aliphatic rings. The average molecular weight is 242 g/mol. The van der Waals surface area contributed by atoms with E-state index >= 15 is 0 Å². The van der Waals surface area contributed by atoms with Gasteiger partial charge in [0, 0.05) is 30.2 Å². The molecule has 0 saturated carbocycles. The highest BCUT2D eigenvalue weighted by molar-refractivity contribution is 5.78. The predicted molar refractivity (Wildman–Crippen MR) is 68.7 cm³/mol. The first kappa shape index (κ1) is 12.0. The number of para-hydroxylation sites is 1. The molecule has 0 radical (unpaired) electrons. The van der Waals surface area contributed by atoms with Gasteiger partial charge in [-0.15, -0.1) is 0 Å². The Balaban J connectivity index is 2.07. The molecule has 18 heavy (non-hydrogen) atoms. The van der Waals surface area contributed by atoms with Crippen molar-refractivity contribution >= 4 is 11.6 Å². The molecule has 1 heterocycles. The molecule has 92 valence electrons. The van der Waals surface area contributed by atoms with E-state index in [0.29, 0.717) is 6.54 Å².